The Labute approximate surface area is 119 Å². The van der Waals surface area contributed by atoms with Gasteiger partial charge in [-0.15, -0.1) is 0 Å². The van der Waals surface area contributed by atoms with Crippen molar-refractivity contribution in [2.24, 2.45) is 5.92 Å². The normalized spacial score (nSPS) is 18.9. The van der Waals surface area contributed by atoms with Crippen LogP contribution in [0.15, 0.2) is 27.2 Å². The molecule has 0 radical (unpaired) electrons. The molecular weight excluding hydrogens is 310 g/mol. The highest BCUT2D eigenvalue weighted by Gasteiger charge is 2.19. The lowest BCUT2D eigenvalue weighted by Crippen LogP contribution is -2.04. The van der Waals surface area contributed by atoms with E-state index in [0.717, 1.165) is 41.9 Å². The van der Waals surface area contributed by atoms with Gasteiger partial charge >= 0.3 is 0 Å². The first-order valence-corrected chi connectivity index (χ1v) is 6.97. The summed E-state index contributed by atoms with van der Waals surface area (Å²) in [5.74, 6) is 1.74. The first-order valence-electron chi connectivity index (χ1n) is 6.18. The summed E-state index contributed by atoms with van der Waals surface area (Å²) in [4.78, 5) is 4.41. The molecule has 0 saturated carbocycles. The van der Waals surface area contributed by atoms with Gasteiger partial charge in [0.2, 0.25) is 0 Å². The molecule has 0 bridgehead atoms. The zero-order valence-corrected chi connectivity index (χ0v) is 11.9. The molecule has 5 nitrogen and oxygen atoms in total. The van der Waals surface area contributed by atoms with Crippen LogP contribution in [0, 0.1) is 5.92 Å². The highest BCUT2D eigenvalue weighted by molar-refractivity contribution is 9.10. The summed E-state index contributed by atoms with van der Waals surface area (Å²) in [6.45, 7) is 1.62. The maximum Gasteiger partial charge on any atom is 0.257 e. The molecule has 1 aliphatic heterocycles. The van der Waals surface area contributed by atoms with Crippen LogP contribution in [0.25, 0.3) is 11.5 Å². The minimum absolute atomic E-state index is 0.500. The van der Waals surface area contributed by atoms with Gasteiger partial charge in [-0.05, 0) is 46.5 Å². The van der Waals surface area contributed by atoms with Crippen LogP contribution in [-0.2, 0) is 11.2 Å². The monoisotopic (exact) mass is 323 g/mol. The van der Waals surface area contributed by atoms with E-state index in [1.807, 2.05) is 18.2 Å². The van der Waals surface area contributed by atoms with E-state index in [4.69, 9.17) is 15.0 Å². The molecule has 0 aliphatic carbocycles. The van der Waals surface area contributed by atoms with Gasteiger partial charge in [0.1, 0.15) is 0 Å². The summed E-state index contributed by atoms with van der Waals surface area (Å²) < 4.78 is 11.5. The summed E-state index contributed by atoms with van der Waals surface area (Å²) in [5, 5.41) is 4.01. The second-order valence-corrected chi connectivity index (χ2v) is 5.54. The van der Waals surface area contributed by atoms with Gasteiger partial charge in [-0.3, -0.25) is 0 Å². The van der Waals surface area contributed by atoms with Crippen LogP contribution in [0.5, 0.6) is 0 Å². The number of nitrogens with two attached hydrogens (primary N) is 1. The van der Waals surface area contributed by atoms with Crippen LogP contribution >= 0.6 is 15.9 Å². The number of aromatic nitrogens is 2. The fourth-order valence-electron chi connectivity index (χ4n) is 2.13. The summed E-state index contributed by atoms with van der Waals surface area (Å²) >= 11 is 3.36. The van der Waals surface area contributed by atoms with E-state index in [2.05, 4.69) is 26.1 Å². The lowest BCUT2D eigenvalue weighted by molar-refractivity contribution is 0.185. The van der Waals surface area contributed by atoms with E-state index in [0.29, 0.717) is 17.5 Å². The molecule has 0 amide bonds. The Hall–Kier alpha value is -1.40. The van der Waals surface area contributed by atoms with E-state index in [-0.39, 0.29) is 0 Å². The van der Waals surface area contributed by atoms with Crippen LogP contribution in [0.2, 0.25) is 0 Å². The molecule has 1 saturated heterocycles. The number of hydrogen-bond donors (Lipinski definition) is 1. The van der Waals surface area contributed by atoms with Crippen molar-refractivity contribution in [3.63, 3.8) is 0 Å². The number of benzene rings is 1. The predicted molar refractivity (Wildman–Crippen MR) is 74.5 cm³/mol. The Kier molecular flexibility index (Phi) is 3.52. The van der Waals surface area contributed by atoms with E-state index < -0.39 is 0 Å². The average Bonchev–Trinajstić information content (AvgIpc) is 3.05. The fourth-order valence-corrected chi connectivity index (χ4v) is 2.38. The van der Waals surface area contributed by atoms with Crippen molar-refractivity contribution in [2.75, 3.05) is 18.9 Å². The summed E-state index contributed by atoms with van der Waals surface area (Å²) in [5.41, 5.74) is 7.33. The van der Waals surface area contributed by atoms with Gasteiger partial charge in [-0.2, -0.15) is 4.98 Å². The standard InChI is InChI=1S/C13H14BrN3O2/c14-10-2-1-9(6-11(10)15)13-16-12(17-19-13)5-8-3-4-18-7-8/h1-2,6,8H,3-5,7,15H2. The van der Waals surface area contributed by atoms with Gasteiger partial charge in [0.15, 0.2) is 5.82 Å². The van der Waals surface area contributed by atoms with Crippen LogP contribution in [0.3, 0.4) is 0 Å². The molecule has 1 aromatic carbocycles. The number of rotatable bonds is 3. The highest BCUT2D eigenvalue weighted by Crippen LogP contribution is 2.26. The van der Waals surface area contributed by atoms with Crippen LogP contribution in [0.1, 0.15) is 12.2 Å². The van der Waals surface area contributed by atoms with Gasteiger partial charge in [0.25, 0.3) is 5.89 Å². The number of nitrogen functional groups attached to an aromatic ring is 1. The van der Waals surface area contributed by atoms with Crippen molar-refractivity contribution in [1.29, 1.82) is 0 Å². The molecule has 2 heterocycles. The molecule has 1 aliphatic rings. The van der Waals surface area contributed by atoms with Crippen molar-refractivity contribution >= 4 is 21.6 Å². The van der Waals surface area contributed by atoms with Gasteiger partial charge < -0.3 is 15.0 Å². The van der Waals surface area contributed by atoms with Crippen molar-refractivity contribution in [2.45, 2.75) is 12.8 Å². The number of anilines is 1. The Balaban J connectivity index is 1.78. The van der Waals surface area contributed by atoms with Gasteiger partial charge in [-0.1, -0.05) is 5.16 Å². The Bertz CT molecular complexity index is 579. The molecule has 1 aromatic heterocycles. The topological polar surface area (TPSA) is 74.2 Å². The van der Waals surface area contributed by atoms with Gasteiger partial charge in [0.05, 0.1) is 0 Å². The van der Waals surface area contributed by atoms with Crippen LogP contribution in [0.4, 0.5) is 5.69 Å². The highest BCUT2D eigenvalue weighted by atomic mass is 79.9. The van der Waals surface area contributed by atoms with Crippen molar-refractivity contribution in [1.82, 2.24) is 10.1 Å². The van der Waals surface area contributed by atoms with Crippen LogP contribution in [-0.4, -0.2) is 23.4 Å². The molecule has 0 spiro atoms. The molecule has 1 fully saturated rings. The largest absolute Gasteiger partial charge is 0.398 e. The zero-order valence-electron chi connectivity index (χ0n) is 10.3. The summed E-state index contributed by atoms with van der Waals surface area (Å²) in [6, 6.07) is 5.59. The summed E-state index contributed by atoms with van der Waals surface area (Å²) in [7, 11) is 0. The SMILES string of the molecule is Nc1cc(-c2nc(CC3CCOC3)no2)ccc1Br. The molecule has 2 N–H and O–H groups in total. The second-order valence-electron chi connectivity index (χ2n) is 4.69. The van der Waals surface area contributed by atoms with E-state index in [1.165, 1.54) is 0 Å². The third kappa shape index (κ3) is 2.79. The van der Waals surface area contributed by atoms with Crippen molar-refractivity contribution in [3.05, 3.63) is 28.5 Å². The van der Waals surface area contributed by atoms with Crippen molar-refractivity contribution in [3.8, 4) is 11.5 Å². The Morgan fingerprint density at radius 3 is 3.05 bits per heavy atom. The van der Waals surface area contributed by atoms with E-state index >= 15 is 0 Å². The molecule has 19 heavy (non-hydrogen) atoms. The number of ether oxygens (including phenoxy) is 1. The molecular formula is C13H14BrN3O2. The molecule has 2 aromatic rings. The zero-order chi connectivity index (χ0) is 13.2. The van der Waals surface area contributed by atoms with Gasteiger partial charge in [0, 0.05) is 35.4 Å². The lowest BCUT2D eigenvalue weighted by atomic mass is 10.1. The van der Waals surface area contributed by atoms with Crippen LogP contribution < -0.4 is 5.73 Å². The van der Waals surface area contributed by atoms with E-state index in [1.54, 1.807) is 0 Å². The fraction of sp³-hybridized carbons (Fsp3) is 0.385. The first-order chi connectivity index (χ1) is 9.22. The molecule has 1 atom stereocenters. The van der Waals surface area contributed by atoms with Gasteiger partial charge in [-0.25, -0.2) is 0 Å². The maximum atomic E-state index is 5.84. The quantitative estimate of drug-likeness (QED) is 0.879. The average molecular weight is 324 g/mol. The Morgan fingerprint density at radius 2 is 2.32 bits per heavy atom. The third-order valence-corrected chi connectivity index (χ3v) is 3.93. The maximum absolute atomic E-state index is 5.84. The minimum Gasteiger partial charge on any atom is -0.398 e. The van der Waals surface area contributed by atoms with E-state index in [9.17, 15) is 0 Å². The Morgan fingerprint density at radius 1 is 1.42 bits per heavy atom. The van der Waals surface area contributed by atoms with Crippen molar-refractivity contribution < 1.29 is 9.26 Å². The first kappa shape index (κ1) is 12.6. The summed E-state index contributed by atoms with van der Waals surface area (Å²) in [6.07, 6.45) is 1.87. The molecule has 100 valence electrons. The smallest absolute Gasteiger partial charge is 0.257 e. The minimum atomic E-state index is 0.500. The number of halogens is 1. The third-order valence-electron chi connectivity index (χ3n) is 3.21. The molecule has 1 unspecified atom stereocenters. The number of nitrogens with zero attached hydrogens (tertiary/aromatic N) is 2. The molecule has 6 heteroatoms. The second kappa shape index (κ2) is 5.30. The molecule has 3 rings (SSSR count). The predicted octanol–water partition coefficient (Wildman–Crippen LogP) is 2.66. The number of hydrogen-bond acceptors (Lipinski definition) is 5. The lowest BCUT2D eigenvalue weighted by Gasteiger charge is -2.01.